The number of rotatable bonds is 4. The summed E-state index contributed by atoms with van der Waals surface area (Å²) >= 11 is 0. The van der Waals surface area contributed by atoms with E-state index in [1.165, 1.54) is 0 Å². The average Bonchev–Trinajstić information content (AvgIpc) is 2.43. The topological polar surface area (TPSA) is 55.0 Å². The lowest BCUT2D eigenvalue weighted by atomic mass is 10.1. The summed E-state index contributed by atoms with van der Waals surface area (Å²) in [4.78, 5) is 19.2. The van der Waals surface area contributed by atoms with Gasteiger partial charge in [-0.25, -0.2) is 4.98 Å². The van der Waals surface area contributed by atoms with Crippen LogP contribution >= 0.6 is 0 Å². The van der Waals surface area contributed by atoms with E-state index in [1.54, 1.807) is 6.92 Å². The van der Waals surface area contributed by atoms with Crippen molar-refractivity contribution in [1.82, 2.24) is 9.97 Å². The highest BCUT2D eigenvalue weighted by molar-refractivity contribution is 5.56. The molecule has 0 spiro atoms. The van der Waals surface area contributed by atoms with E-state index < -0.39 is 0 Å². The van der Waals surface area contributed by atoms with Crippen molar-refractivity contribution in [2.75, 3.05) is 6.61 Å². The highest BCUT2D eigenvalue weighted by Gasteiger charge is 2.07. The minimum atomic E-state index is -0.0734. The smallest absolute Gasteiger partial charge is 0.254 e. The lowest BCUT2D eigenvalue weighted by molar-refractivity contribution is 0.340. The Kier molecular flexibility index (Phi) is 4.00. The van der Waals surface area contributed by atoms with E-state index in [4.69, 9.17) is 4.74 Å². The lowest BCUT2D eigenvalue weighted by Crippen LogP contribution is -2.15. The zero-order valence-corrected chi connectivity index (χ0v) is 11.5. The minimum Gasteiger partial charge on any atom is -0.494 e. The summed E-state index contributed by atoms with van der Waals surface area (Å²) in [6, 6.07) is 7.56. The summed E-state index contributed by atoms with van der Waals surface area (Å²) in [7, 11) is 0. The van der Waals surface area contributed by atoms with Gasteiger partial charge in [0, 0.05) is 11.1 Å². The Balaban J connectivity index is 2.41. The number of aryl methyl sites for hydroxylation is 1. The maximum atomic E-state index is 11.8. The molecule has 19 heavy (non-hydrogen) atoms. The van der Waals surface area contributed by atoms with Gasteiger partial charge in [-0.15, -0.1) is 0 Å². The van der Waals surface area contributed by atoms with Gasteiger partial charge >= 0.3 is 0 Å². The van der Waals surface area contributed by atoms with Crippen molar-refractivity contribution in [3.8, 4) is 17.1 Å². The molecular weight excluding hydrogens is 240 g/mol. The van der Waals surface area contributed by atoms with Gasteiger partial charge in [-0.3, -0.25) is 4.79 Å². The van der Waals surface area contributed by atoms with E-state index >= 15 is 0 Å². The predicted molar refractivity (Wildman–Crippen MR) is 75.6 cm³/mol. The van der Waals surface area contributed by atoms with Crippen LogP contribution in [0.2, 0.25) is 0 Å². The van der Waals surface area contributed by atoms with Gasteiger partial charge in [-0.2, -0.15) is 0 Å². The molecule has 0 radical (unpaired) electrons. The number of ether oxygens (including phenoxy) is 1. The fourth-order valence-electron chi connectivity index (χ4n) is 1.94. The van der Waals surface area contributed by atoms with Gasteiger partial charge in [0.2, 0.25) is 0 Å². The molecule has 2 aromatic rings. The van der Waals surface area contributed by atoms with Crippen molar-refractivity contribution in [2.24, 2.45) is 0 Å². The molecule has 0 bridgehead atoms. The highest BCUT2D eigenvalue weighted by Crippen LogP contribution is 2.19. The molecule has 1 N–H and O–H groups in total. The van der Waals surface area contributed by atoms with Gasteiger partial charge in [0.25, 0.3) is 5.56 Å². The first kappa shape index (κ1) is 13.3. The quantitative estimate of drug-likeness (QED) is 0.917. The van der Waals surface area contributed by atoms with Crippen LogP contribution in [0.15, 0.2) is 29.1 Å². The van der Waals surface area contributed by atoms with Crippen LogP contribution in [-0.2, 0) is 6.42 Å². The zero-order chi connectivity index (χ0) is 13.8. The first-order chi connectivity index (χ1) is 9.15. The van der Waals surface area contributed by atoms with Gasteiger partial charge in [0.1, 0.15) is 11.6 Å². The van der Waals surface area contributed by atoms with Crippen molar-refractivity contribution < 1.29 is 4.74 Å². The summed E-state index contributed by atoms with van der Waals surface area (Å²) in [6.45, 7) is 6.38. The Morgan fingerprint density at radius 1 is 1.21 bits per heavy atom. The third-order valence-electron chi connectivity index (χ3n) is 3.03. The molecule has 0 aliphatic rings. The molecule has 0 fully saturated rings. The average molecular weight is 258 g/mol. The van der Waals surface area contributed by atoms with Crippen LogP contribution in [0, 0.1) is 6.92 Å². The van der Waals surface area contributed by atoms with E-state index in [-0.39, 0.29) is 5.56 Å². The molecule has 0 saturated heterocycles. The molecule has 0 saturated carbocycles. The molecule has 0 aliphatic carbocycles. The van der Waals surface area contributed by atoms with Gasteiger partial charge in [-0.05, 0) is 44.5 Å². The van der Waals surface area contributed by atoms with Crippen LogP contribution in [0.5, 0.6) is 5.75 Å². The molecule has 1 heterocycles. The van der Waals surface area contributed by atoms with Crippen LogP contribution in [0.1, 0.15) is 25.1 Å². The molecule has 1 aromatic carbocycles. The molecule has 4 heteroatoms. The molecule has 2 rings (SSSR count). The van der Waals surface area contributed by atoms with Crippen LogP contribution in [0.25, 0.3) is 11.4 Å². The minimum absolute atomic E-state index is 0.0734. The summed E-state index contributed by atoms with van der Waals surface area (Å²) < 4.78 is 5.39. The first-order valence-electron chi connectivity index (χ1n) is 6.48. The van der Waals surface area contributed by atoms with Gasteiger partial charge in [0.05, 0.1) is 12.3 Å². The van der Waals surface area contributed by atoms with Crippen molar-refractivity contribution in [3.05, 3.63) is 45.9 Å². The summed E-state index contributed by atoms with van der Waals surface area (Å²) in [6.07, 6.45) is 0.750. The molecule has 4 nitrogen and oxygen atoms in total. The van der Waals surface area contributed by atoms with Crippen molar-refractivity contribution in [1.29, 1.82) is 0 Å². The number of hydrogen-bond donors (Lipinski definition) is 1. The van der Waals surface area contributed by atoms with Crippen LogP contribution in [0.3, 0.4) is 0 Å². The molecule has 0 amide bonds. The number of H-pyrrole nitrogens is 1. The summed E-state index contributed by atoms with van der Waals surface area (Å²) in [5, 5.41) is 0. The Morgan fingerprint density at radius 3 is 2.47 bits per heavy atom. The van der Waals surface area contributed by atoms with E-state index in [2.05, 4.69) is 9.97 Å². The Labute approximate surface area is 112 Å². The van der Waals surface area contributed by atoms with Crippen LogP contribution in [-0.4, -0.2) is 16.6 Å². The standard InChI is InChI=1S/C15H18N2O2/c1-4-13-10(3)15(18)17-14(16-13)11-6-8-12(9-7-11)19-5-2/h6-9H,4-5H2,1-3H3,(H,16,17,18). The van der Waals surface area contributed by atoms with E-state index in [0.29, 0.717) is 18.0 Å². The highest BCUT2D eigenvalue weighted by atomic mass is 16.5. The molecule has 0 unspecified atom stereocenters. The number of aromatic nitrogens is 2. The fourth-order valence-corrected chi connectivity index (χ4v) is 1.94. The third-order valence-corrected chi connectivity index (χ3v) is 3.03. The lowest BCUT2D eigenvalue weighted by Gasteiger charge is -2.07. The Morgan fingerprint density at radius 2 is 1.89 bits per heavy atom. The molecule has 1 aromatic heterocycles. The maximum Gasteiger partial charge on any atom is 0.254 e. The SMILES string of the molecule is CCOc1ccc(-c2nc(CC)c(C)c(=O)[nH]2)cc1. The zero-order valence-electron chi connectivity index (χ0n) is 11.5. The normalized spacial score (nSPS) is 10.5. The molecular formula is C15H18N2O2. The Bertz CT molecular complexity index is 615. The number of aromatic amines is 1. The predicted octanol–water partition coefficient (Wildman–Crippen LogP) is 2.71. The van der Waals surface area contributed by atoms with Gasteiger partial charge in [-0.1, -0.05) is 6.92 Å². The monoisotopic (exact) mass is 258 g/mol. The van der Waals surface area contributed by atoms with Gasteiger partial charge in [0.15, 0.2) is 0 Å². The number of nitrogens with zero attached hydrogens (tertiary/aromatic N) is 1. The van der Waals surface area contributed by atoms with E-state index in [1.807, 2.05) is 38.1 Å². The Hall–Kier alpha value is -2.10. The largest absolute Gasteiger partial charge is 0.494 e. The van der Waals surface area contributed by atoms with Gasteiger partial charge < -0.3 is 9.72 Å². The molecule has 100 valence electrons. The summed E-state index contributed by atoms with van der Waals surface area (Å²) in [5.74, 6) is 1.42. The maximum absolute atomic E-state index is 11.8. The molecule has 0 atom stereocenters. The van der Waals surface area contributed by atoms with Crippen molar-refractivity contribution >= 4 is 0 Å². The first-order valence-corrected chi connectivity index (χ1v) is 6.48. The number of nitrogens with one attached hydrogen (secondary N) is 1. The second kappa shape index (κ2) is 5.69. The van der Waals surface area contributed by atoms with Crippen molar-refractivity contribution in [3.63, 3.8) is 0 Å². The number of benzene rings is 1. The van der Waals surface area contributed by atoms with Crippen LogP contribution < -0.4 is 10.3 Å². The second-order valence-electron chi connectivity index (χ2n) is 4.30. The number of hydrogen-bond acceptors (Lipinski definition) is 3. The van der Waals surface area contributed by atoms with E-state index in [0.717, 1.165) is 23.4 Å². The fraction of sp³-hybridized carbons (Fsp3) is 0.333. The van der Waals surface area contributed by atoms with E-state index in [9.17, 15) is 4.79 Å². The molecule has 0 aliphatic heterocycles. The third kappa shape index (κ3) is 2.84. The van der Waals surface area contributed by atoms with Crippen molar-refractivity contribution in [2.45, 2.75) is 27.2 Å². The van der Waals surface area contributed by atoms with Crippen LogP contribution in [0.4, 0.5) is 0 Å². The second-order valence-corrected chi connectivity index (χ2v) is 4.30. The summed E-state index contributed by atoms with van der Waals surface area (Å²) in [5.41, 5.74) is 2.34.